The van der Waals surface area contributed by atoms with E-state index in [0.29, 0.717) is 0 Å². The van der Waals surface area contributed by atoms with E-state index in [1.54, 1.807) is 0 Å². The van der Waals surface area contributed by atoms with Crippen molar-refractivity contribution in [2.24, 2.45) is 0 Å². The Morgan fingerprint density at radius 1 is 1.86 bits per heavy atom. The molecule has 1 rings (SSSR count). The van der Waals surface area contributed by atoms with Crippen molar-refractivity contribution in [3.63, 3.8) is 0 Å². The van der Waals surface area contributed by atoms with Crippen LogP contribution in [0.4, 0.5) is 0 Å². The summed E-state index contributed by atoms with van der Waals surface area (Å²) in [5.41, 5.74) is 0. The van der Waals surface area contributed by atoms with Gasteiger partial charge in [-0.05, 0) is 0 Å². The smallest absolute Gasteiger partial charge is 0.102 e. The summed E-state index contributed by atoms with van der Waals surface area (Å²) in [7, 11) is 1.94. The van der Waals surface area contributed by atoms with Gasteiger partial charge in [0.25, 0.3) is 0 Å². The first-order chi connectivity index (χ1) is 3.30. The normalized spacial score (nSPS) is 17.9. The maximum Gasteiger partial charge on any atom is 0.102 e. The molecule has 0 spiro atoms. The molecule has 0 atom stereocenters. The van der Waals surface area contributed by atoms with E-state index in [9.17, 15) is 0 Å². The molecule has 0 unspecified atom stereocenters. The predicted molar refractivity (Wildman–Crippen MR) is 29.2 cm³/mol. The zero-order valence-electron chi connectivity index (χ0n) is 4.31. The molecule has 1 aliphatic heterocycles. The number of hydrogen-bond acceptors (Lipinski definition) is 2. The predicted octanol–water partition coefficient (Wildman–Crippen LogP) is 0.464. The Kier molecular flexibility index (Phi) is 0.785. The van der Waals surface area contributed by atoms with Gasteiger partial charge in [-0.15, -0.1) is 0 Å². The van der Waals surface area contributed by atoms with Crippen LogP contribution in [0.3, 0.4) is 0 Å². The Labute approximate surface area is 43.1 Å². The molecular weight excluding hydrogens is 88.1 g/mol. The molecule has 7 heavy (non-hydrogen) atoms. The van der Waals surface area contributed by atoms with E-state index >= 15 is 0 Å². The molecule has 0 fully saturated rings. The Hall–Kier alpha value is -0.920. The summed E-state index contributed by atoms with van der Waals surface area (Å²) < 4.78 is 0. The van der Waals surface area contributed by atoms with Crippen LogP contribution in [-0.4, -0.2) is 11.9 Å². The maximum absolute atomic E-state index is 3.69. The minimum Gasteiger partial charge on any atom is -0.347 e. The van der Waals surface area contributed by atoms with Crippen LogP contribution < -0.4 is 5.32 Å². The lowest BCUT2D eigenvalue weighted by atomic mass is 10.7. The largest absolute Gasteiger partial charge is 0.347 e. The quantitative estimate of drug-likeness (QED) is 0.471. The minimum atomic E-state index is 0.931. The molecule has 0 aliphatic carbocycles. The average Bonchev–Trinajstić information content (AvgIpc) is 1.91. The van der Waals surface area contributed by atoms with Gasteiger partial charge in [-0.2, -0.15) is 0 Å². The Morgan fingerprint density at radius 2 is 2.57 bits per heavy atom. The zero-order chi connectivity index (χ0) is 5.28. The van der Waals surface area contributed by atoms with Gasteiger partial charge < -0.3 is 10.2 Å². The number of rotatable bonds is 0. The van der Waals surface area contributed by atoms with Gasteiger partial charge in [0, 0.05) is 19.4 Å². The first-order valence-electron chi connectivity index (χ1n) is 2.15. The van der Waals surface area contributed by atoms with Gasteiger partial charge in [0.2, 0.25) is 0 Å². The van der Waals surface area contributed by atoms with Crippen LogP contribution in [0.5, 0.6) is 0 Å². The minimum absolute atomic E-state index is 0.931. The first kappa shape index (κ1) is 4.24. The lowest BCUT2D eigenvalue weighted by Crippen LogP contribution is -2.10. The van der Waals surface area contributed by atoms with Gasteiger partial charge in [-0.25, -0.2) is 0 Å². The van der Waals surface area contributed by atoms with E-state index in [4.69, 9.17) is 0 Å². The van der Waals surface area contributed by atoms with Crippen LogP contribution >= 0.6 is 0 Å². The van der Waals surface area contributed by atoms with Gasteiger partial charge in [0.15, 0.2) is 0 Å². The molecule has 1 aliphatic rings. The van der Waals surface area contributed by atoms with Gasteiger partial charge in [-0.3, -0.25) is 0 Å². The van der Waals surface area contributed by atoms with E-state index in [2.05, 4.69) is 11.9 Å². The van der Waals surface area contributed by atoms with Crippen molar-refractivity contribution < 1.29 is 0 Å². The topological polar surface area (TPSA) is 15.3 Å². The molecule has 0 aromatic rings. The fraction of sp³-hybridized carbons (Fsp3) is 0.200. The molecule has 38 valence electrons. The van der Waals surface area contributed by atoms with Gasteiger partial charge >= 0.3 is 0 Å². The third-order valence-corrected chi connectivity index (χ3v) is 0.974. The second kappa shape index (κ2) is 1.30. The third kappa shape index (κ3) is 0.585. The van der Waals surface area contributed by atoms with Crippen LogP contribution in [0.15, 0.2) is 24.8 Å². The molecular formula is C5H8N2. The Morgan fingerprint density at radius 3 is 2.71 bits per heavy atom. The molecule has 1 N–H and O–H groups in total. The highest BCUT2D eigenvalue weighted by Gasteiger charge is 1.98. The van der Waals surface area contributed by atoms with E-state index in [-0.39, 0.29) is 0 Å². The molecule has 0 saturated carbocycles. The lowest BCUT2D eigenvalue weighted by Gasteiger charge is -2.06. The van der Waals surface area contributed by atoms with Crippen molar-refractivity contribution in [2.75, 3.05) is 7.05 Å². The number of nitrogens with zero attached hydrogens (tertiary/aromatic N) is 1. The molecule has 2 nitrogen and oxygen atoms in total. The summed E-state index contributed by atoms with van der Waals surface area (Å²) in [6.45, 7) is 3.69. The van der Waals surface area contributed by atoms with Crippen LogP contribution in [0.1, 0.15) is 0 Å². The monoisotopic (exact) mass is 96.1 g/mol. The number of nitrogens with one attached hydrogen (secondary N) is 1. The highest BCUT2D eigenvalue weighted by atomic mass is 15.2. The summed E-state index contributed by atoms with van der Waals surface area (Å²) in [6, 6.07) is 0. The average molecular weight is 96.1 g/mol. The van der Waals surface area contributed by atoms with Crippen molar-refractivity contribution >= 4 is 0 Å². The van der Waals surface area contributed by atoms with Crippen LogP contribution in [0.25, 0.3) is 0 Å². The van der Waals surface area contributed by atoms with Gasteiger partial charge in [0.1, 0.15) is 5.82 Å². The van der Waals surface area contributed by atoms with Crippen molar-refractivity contribution in [1.82, 2.24) is 10.2 Å². The summed E-state index contributed by atoms with van der Waals surface area (Å²) in [5, 5.41) is 2.92. The van der Waals surface area contributed by atoms with Crippen molar-refractivity contribution in [1.29, 1.82) is 0 Å². The Balaban J connectivity index is 2.62. The molecule has 0 aromatic heterocycles. The highest BCUT2D eigenvalue weighted by Crippen LogP contribution is 1.99. The van der Waals surface area contributed by atoms with Crippen LogP contribution in [-0.2, 0) is 0 Å². The van der Waals surface area contributed by atoms with Crippen LogP contribution in [0, 0.1) is 0 Å². The molecule has 0 amide bonds. The lowest BCUT2D eigenvalue weighted by molar-refractivity contribution is 0.574. The summed E-state index contributed by atoms with van der Waals surface area (Å²) in [5.74, 6) is 0.931. The Bertz CT molecular complexity index is 115. The maximum atomic E-state index is 3.69. The van der Waals surface area contributed by atoms with E-state index in [0.717, 1.165) is 5.82 Å². The molecule has 0 radical (unpaired) electrons. The van der Waals surface area contributed by atoms with Crippen LogP contribution in [0.2, 0.25) is 0 Å². The summed E-state index contributed by atoms with van der Waals surface area (Å²) >= 11 is 0. The molecule has 0 bridgehead atoms. The second-order valence-corrected chi connectivity index (χ2v) is 1.52. The van der Waals surface area contributed by atoms with Gasteiger partial charge in [0.05, 0.1) is 0 Å². The molecule has 0 saturated heterocycles. The third-order valence-electron chi connectivity index (χ3n) is 0.974. The summed E-state index contributed by atoms with van der Waals surface area (Å²) in [4.78, 5) is 1.92. The fourth-order valence-corrected chi connectivity index (χ4v) is 0.437. The van der Waals surface area contributed by atoms with E-state index in [1.807, 2.05) is 24.3 Å². The van der Waals surface area contributed by atoms with Crippen molar-refractivity contribution in [2.45, 2.75) is 0 Å². The SMILES string of the molecule is C=C1NC=CN1C. The fourth-order valence-electron chi connectivity index (χ4n) is 0.437. The molecule has 2 heteroatoms. The molecule has 1 heterocycles. The molecule has 0 aromatic carbocycles. The highest BCUT2D eigenvalue weighted by molar-refractivity contribution is 5.06. The standard InChI is InChI=1S/C5H8N2/c1-5-6-3-4-7(5)2/h3-4,6H,1H2,2H3. The summed E-state index contributed by atoms with van der Waals surface area (Å²) in [6.07, 6.45) is 3.77. The van der Waals surface area contributed by atoms with Crippen molar-refractivity contribution in [3.8, 4) is 0 Å². The van der Waals surface area contributed by atoms with E-state index in [1.165, 1.54) is 0 Å². The van der Waals surface area contributed by atoms with E-state index < -0.39 is 0 Å². The number of hydrogen-bond donors (Lipinski definition) is 1. The van der Waals surface area contributed by atoms with Gasteiger partial charge in [-0.1, -0.05) is 6.58 Å². The first-order valence-corrected chi connectivity index (χ1v) is 2.15. The zero-order valence-corrected chi connectivity index (χ0v) is 4.31. The second-order valence-electron chi connectivity index (χ2n) is 1.52. The van der Waals surface area contributed by atoms with Crippen molar-refractivity contribution in [3.05, 3.63) is 24.8 Å².